The van der Waals surface area contributed by atoms with Crippen molar-refractivity contribution in [1.29, 1.82) is 5.26 Å². The Labute approximate surface area is 125 Å². The number of rotatable bonds is 4. The maximum absolute atomic E-state index is 11.0. The van der Waals surface area contributed by atoms with Crippen molar-refractivity contribution in [3.8, 4) is 11.8 Å². The van der Waals surface area contributed by atoms with Crippen LogP contribution in [0.4, 0.5) is 11.5 Å². The number of anilines is 2. The van der Waals surface area contributed by atoms with Gasteiger partial charge in [0, 0.05) is 6.07 Å². The van der Waals surface area contributed by atoms with Crippen molar-refractivity contribution in [3.05, 3.63) is 46.6 Å². The number of aromatic carboxylic acids is 1. The molecule has 0 aliphatic carbocycles. The molecule has 0 spiro atoms. The van der Waals surface area contributed by atoms with Gasteiger partial charge in [-0.15, -0.1) is 0 Å². The summed E-state index contributed by atoms with van der Waals surface area (Å²) in [6.07, 6.45) is 0. The lowest BCUT2D eigenvalue weighted by Crippen LogP contribution is -2.04. The molecule has 106 valence electrons. The predicted molar refractivity (Wildman–Crippen MR) is 77.2 cm³/mol. The molecule has 2 aromatic rings. The highest BCUT2D eigenvalue weighted by Gasteiger charge is 2.12. The highest BCUT2D eigenvalue weighted by molar-refractivity contribution is 6.33. The van der Waals surface area contributed by atoms with Crippen LogP contribution >= 0.6 is 11.6 Å². The monoisotopic (exact) mass is 303 g/mol. The van der Waals surface area contributed by atoms with E-state index in [4.69, 9.17) is 26.7 Å². The second kappa shape index (κ2) is 6.11. The Morgan fingerprint density at radius 3 is 2.81 bits per heavy atom. The van der Waals surface area contributed by atoms with Gasteiger partial charge in [-0.05, 0) is 24.3 Å². The van der Waals surface area contributed by atoms with E-state index in [9.17, 15) is 4.79 Å². The number of pyridine rings is 1. The lowest BCUT2D eigenvalue weighted by molar-refractivity contribution is 0.0691. The Hall–Kier alpha value is -2.78. The van der Waals surface area contributed by atoms with Crippen LogP contribution in [0.5, 0.6) is 5.75 Å². The topological polar surface area (TPSA) is 95.2 Å². The zero-order valence-corrected chi connectivity index (χ0v) is 11.7. The minimum atomic E-state index is -1.21. The van der Waals surface area contributed by atoms with Gasteiger partial charge in [0.05, 0.1) is 29.5 Å². The summed E-state index contributed by atoms with van der Waals surface area (Å²) in [6.45, 7) is 0. The smallest absolute Gasteiger partial charge is 0.356 e. The molecule has 0 saturated heterocycles. The van der Waals surface area contributed by atoms with Gasteiger partial charge in [0.25, 0.3) is 0 Å². The lowest BCUT2D eigenvalue weighted by atomic mass is 10.2. The fraction of sp³-hybridized carbons (Fsp3) is 0.0714. The average Bonchev–Trinajstić information content (AvgIpc) is 2.49. The fourth-order valence-corrected chi connectivity index (χ4v) is 1.85. The molecular formula is C14H10ClN3O3. The van der Waals surface area contributed by atoms with Crippen molar-refractivity contribution < 1.29 is 14.6 Å². The summed E-state index contributed by atoms with van der Waals surface area (Å²) in [7, 11) is 1.47. The second-order valence-corrected chi connectivity index (χ2v) is 4.39. The molecule has 7 heteroatoms. The van der Waals surface area contributed by atoms with Gasteiger partial charge in [-0.1, -0.05) is 11.6 Å². The third-order valence-corrected chi connectivity index (χ3v) is 2.95. The number of hydrogen-bond acceptors (Lipinski definition) is 5. The summed E-state index contributed by atoms with van der Waals surface area (Å²) in [5.74, 6) is -0.460. The molecule has 21 heavy (non-hydrogen) atoms. The van der Waals surface area contributed by atoms with E-state index < -0.39 is 5.97 Å². The fourth-order valence-electron chi connectivity index (χ4n) is 1.66. The summed E-state index contributed by atoms with van der Waals surface area (Å²) in [6, 6.07) is 9.82. The van der Waals surface area contributed by atoms with E-state index in [1.807, 2.05) is 6.07 Å². The van der Waals surface area contributed by atoms with E-state index in [-0.39, 0.29) is 10.7 Å². The van der Waals surface area contributed by atoms with Gasteiger partial charge < -0.3 is 15.2 Å². The van der Waals surface area contributed by atoms with Crippen LogP contribution in [-0.2, 0) is 0 Å². The van der Waals surface area contributed by atoms with Crippen LogP contribution in [0, 0.1) is 11.3 Å². The van der Waals surface area contributed by atoms with Gasteiger partial charge in [-0.2, -0.15) is 5.26 Å². The lowest BCUT2D eigenvalue weighted by Gasteiger charge is -2.11. The molecule has 0 radical (unpaired) electrons. The van der Waals surface area contributed by atoms with Crippen molar-refractivity contribution in [2.24, 2.45) is 0 Å². The van der Waals surface area contributed by atoms with Crippen LogP contribution in [-0.4, -0.2) is 23.2 Å². The number of aromatic nitrogens is 1. The molecule has 0 aliphatic rings. The Bertz CT molecular complexity index is 741. The summed E-state index contributed by atoms with van der Waals surface area (Å²) in [5, 5.41) is 20.8. The second-order valence-electron chi connectivity index (χ2n) is 3.98. The number of halogens is 1. The SMILES string of the molecule is COc1cc(C#N)ccc1Nc1ccc(Cl)c(C(=O)O)n1. The Kier molecular flexibility index (Phi) is 4.26. The van der Waals surface area contributed by atoms with E-state index in [2.05, 4.69) is 10.3 Å². The maximum atomic E-state index is 11.0. The molecule has 0 aliphatic heterocycles. The van der Waals surface area contributed by atoms with Crippen molar-refractivity contribution in [2.45, 2.75) is 0 Å². The minimum Gasteiger partial charge on any atom is -0.495 e. The quantitative estimate of drug-likeness (QED) is 0.901. The first-order valence-electron chi connectivity index (χ1n) is 5.80. The van der Waals surface area contributed by atoms with Gasteiger partial charge in [0.1, 0.15) is 11.6 Å². The largest absolute Gasteiger partial charge is 0.495 e. The van der Waals surface area contributed by atoms with Crippen molar-refractivity contribution >= 4 is 29.1 Å². The Balaban J connectivity index is 2.37. The van der Waals surface area contributed by atoms with Gasteiger partial charge in [0.2, 0.25) is 0 Å². The Morgan fingerprint density at radius 2 is 2.19 bits per heavy atom. The third-order valence-electron chi connectivity index (χ3n) is 2.64. The van der Waals surface area contributed by atoms with Gasteiger partial charge >= 0.3 is 5.97 Å². The standard InChI is InChI=1S/C14H10ClN3O3/c1-21-11-6-8(7-16)2-4-10(11)17-12-5-3-9(15)13(18-12)14(19)20/h2-6H,1H3,(H,17,18)(H,19,20). The van der Waals surface area contributed by atoms with Crippen LogP contribution in [0.25, 0.3) is 0 Å². The summed E-state index contributed by atoms with van der Waals surface area (Å²) in [4.78, 5) is 14.9. The maximum Gasteiger partial charge on any atom is 0.356 e. The molecule has 1 heterocycles. The molecule has 2 rings (SSSR count). The van der Waals surface area contributed by atoms with Crippen LogP contribution in [0.15, 0.2) is 30.3 Å². The number of nitriles is 1. The molecule has 0 amide bonds. The van der Waals surface area contributed by atoms with Crippen LogP contribution < -0.4 is 10.1 Å². The number of ether oxygens (including phenoxy) is 1. The molecular weight excluding hydrogens is 294 g/mol. The molecule has 2 N–H and O–H groups in total. The first kappa shape index (κ1) is 14.6. The van der Waals surface area contributed by atoms with Gasteiger partial charge in [0.15, 0.2) is 5.69 Å². The van der Waals surface area contributed by atoms with E-state index in [1.54, 1.807) is 24.3 Å². The first-order valence-corrected chi connectivity index (χ1v) is 6.18. The molecule has 0 unspecified atom stereocenters. The van der Waals surface area contributed by atoms with Crippen molar-refractivity contribution in [2.75, 3.05) is 12.4 Å². The number of hydrogen-bond donors (Lipinski definition) is 2. The first-order chi connectivity index (χ1) is 10.0. The van der Waals surface area contributed by atoms with Gasteiger partial charge in [-0.3, -0.25) is 0 Å². The molecule has 0 bridgehead atoms. The summed E-state index contributed by atoms with van der Waals surface area (Å²) >= 11 is 5.76. The van der Waals surface area contributed by atoms with E-state index >= 15 is 0 Å². The van der Waals surface area contributed by atoms with Crippen LogP contribution in [0.3, 0.4) is 0 Å². The molecule has 0 fully saturated rings. The molecule has 6 nitrogen and oxygen atoms in total. The number of carboxylic acid groups (broad SMARTS) is 1. The predicted octanol–water partition coefficient (Wildman–Crippen LogP) is 3.06. The van der Waals surface area contributed by atoms with E-state index in [1.165, 1.54) is 13.2 Å². The zero-order chi connectivity index (χ0) is 15.4. The van der Waals surface area contributed by atoms with E-state index in [0.717, 1.165) is 0 Å². The number of carbonyl (C=O) groups is 1. The molecule has 1 aromatic carbocycles. The highest BCUT2D eigenvalue weighted by atomic mass is 35.5. The normalized spacial score (nSPS) is 9.76. The summed E-state index contributed by atoms with van der Waals surface area (Å²) in [5.41, 5.74) is 0.768. The molecule has 0 atom stereocenters. The van der Waals surface area contributed by atoms with E-state index in [0.29, 0.717) is 22.8 Å². The van der Waals surface area contributed by atoms with Gasteiger partial charge in [-0.25, -0.2) is 9.78 Å². The summed E-state index contributed by atoms with van der Waals surface area (Å²) < 4.78 is 5.18. The minimum absolute atomic E-state index is 0.0554. The molecule has 1 aromatic heterocycles. The number of nitrogens with one attached hydrogen (secondary N) is 1. The number of methoxy groups -OCH3 is 1. The average molecular weight is 304 g/mol. The number of benzene rings is 1. The third kappa shape index (κ3) is 3.22. The van der Waals surface area contributed by atoms with Crippen molar-refractivity contribution in [3.63, 3.8) is 0 Å². The Morgan fingerprint density at radius 1 is 1.43 bits per heavy atom. The zero-order valence-electron chi connectivity index (χ0n) is 10.9. The molecule has 0 saturated carbocycles. The van der Waals surface area contributed by atoms with Crippen LogP contribution in [0.1, 0.15) is 16.1 Å². The number of nitrogens with zero attached hydrogens (tertiary/aromatic N) is 2. The highest BCUT2D eigenvalue weighted by Crippen LogP contribution is 2.28. The number of carboxylic acids is 1. The van der Waals surface area contributed by atoms with Crippen LogP contribution in [0.2, 0.25) is 5.02 Å². The van der Waals surface area contributed by atoms with Crippen molar-refractivity contribution in [1.82, 2.24) is 4.98 Å².